The van der Waals surface area contributed by atoms with Gasteiger partial charge in [-0.1, -0.05) is 31.4 Å². The fourth-order valence-corrected chi connectivity index (χ4v) is 3.92. The van der Waals surface area contributed by atoms with Crippen molar-refractivity contribution in [2.24, 2.45) is 0 Å². The maximum absolute atomic E-state index is 11.9. The lowest BCUT2D eigenvalue weighted by Gasteiger charge is -2.31. The summed E-state index contributed by atoms with van der Waals surface area (Å²) in [6, 6.07) is 7.56. The Kier molecular flexibility index (Phi) is 8.31. The molecule has 1 aliphatic rings. The smallest absolute Gasteiger partial charge is 0.243 e. The van der Waals surface area contributed by atoms with Crippen LogP contribution in [-0.4, -0.2) is 51.7 Å². The van der Waals surface area contributed by atoms with Crippen molar-refractivity contribution in [2.45, 2.75) is 44.6 Å². The number of carbonyl (C=O) groups excluding carboxylic acids is 1. The van der Waals surface area contributed by atoms with Crippen LogP contribution in [0.2, 0.25) is 0 Å². The van der Waals surface area contributed by atoms with E-state index in [1.807, 2.05) is 0 Å². The van der Waals surface area contributed by atoms with Gasteiger partial charge in [0.2, 0.25) is 15.9 Å². The minimum atomic E-state index is -3.28. The fraction of sp³-hybridized carbons (Fsp3) is 0.550. The largest absolute Gasteiger partial charge is 0.353 e. The number of hydrogen-bond acceptors (Lipinski definition) is 4. The minimum Gasteiger partial charge on any atom is -0.353 e. The van der Waals surface area contributed by atoms with E-state index in [-0.39, 0.29) is 5.91 Å². The zero-order valence-electron chi connectivity index (χ0n) is 16.3. The Morgan fingerprint density at radius 3 is 2.48 bits per heavy atom. The molecule has 0 saturated heterocycles. The molecule has 2 rings (SSSR count). The molecule has 1 fully saturated rings. The van der Waals surface area contributed by atoms with Crippen LogP contribution in [0.5, 0.6) is 0 Å². The van der Waals surface area contributed by atoms with E-state index in [1.165, 1.54) is 38.2 Å². The van der Waals surface area contributed by atoms with Crippen molar-refractivity contribution in [3.63, 3.8) is 0 Å². The van der Waals surface area contributed by atoms with Crippen molar-refractivity contribution in [1.82, 2.24) is 10.2 Å². The highest BCUT2D eigenvalue weighted by Crippen LogP contribution is 2.21. The Labute approximate surface area is 163 Å². The minimum absolute atomic E-state index is 0.117. The van der Waals surface area contributed by atoms with Gasteiger partial charge in [-0.15, -0.1) is 0 Å². The first-order valence-electron chi connectivity index (χ1n) is 9.57. The second kappa shape index (κ2) is 10.5. The lowest BCUT2D eigenvalue weighted by atomic mass is 9.94. The van der Waals surface area contributed by atoms with Gasteiger partial charge in [0.1, 0.15) is 0 Å². The molecule has 150 valence electrons. The quantitative estimate of drug-likeness (QED) is 0.499. The molecule has 0 spiro atoms. The number of hydrogen-bond donors (Lipinski definition) is 2. The van der Waals surface area contributed by atoms with Gasteiger partial charge in [-0.05, 0) is 56.6 Å². The van der Waals surface area contributed by atoms with Crippen molar-refractivity contribution in [1.29, 1.82) is 0 Å². The van der Waals surface area contributed by atoms with Gasteiger partial charge in [0.25, 0.3) is 0 Å². The van der Waals surface area contributed by atoms with Crippen molar-refractivity contribution in [3.8, 4) is 0 Å². The van der Waals surface area contributed by atoms with Gasteiger partial charge in [-0.2, -0.15) is 0 Å². The molecule has 7 heteroatoms. The third-order valence-corrected chi connectivity index (χ3v) is 5.43. The van der Waals surface area contributed by atoms with Crippen molar-refractivity contribution >= 4 is 27.7 Å². The van der Waals surface area contributed by atoms with E-state index in [9.17, 15) is 13.2 Å². The molecule has 0 radical (unpaired) electrons. The Morgan fingerprint density at radius 1 is 1.19 bits per heavy atom. The summed E-state index contributed by atoms with van der Waals surface area (Å²) in [6.07, 6.45) is 11.9. The third-order valence-electron chi connectivity index (χ3n) is 4.83. The summed E-state index contributed by atoms with van der Waals surface area (Å²) in [6.45, 7) is 1.67. The van der Waals surface area contributed by atoms with E-state index >= 15 is 0 Å². The molecule has 27 heavy (non-hydrogen) atoms. The number of anilines is 1. The molecule has 6 nitrogen and oxygen atoms in total. The normalized spacial score (nSPS) is 16.0. The molecule has 1 aromatic rings. The second-order valence-electron chi connectivity index (χ2n) is 7.25. The topological polar surface area (TPSA) is 78.5 Å². The van der Waals surface area contributed by atoms with Crippen LogP contribution in [0.3, 0.4) is 0 Å². The molecule has 1 amide bonds. The van der Waals surface area contributed by atoms with Gasteiger partial charge in [-0.3, -0.25) is 9.52 Å². The van der Waals surface area contributed by atoms with Gasteiger partial charge in [0, 0.05) is 24.4 Å². The lowest BCUT2D eigenvalue weighted by molar-refractivity contribution is -0.116. The number of carbonyl (C=O) groups is 1. The SMILES string of the molecule is CN(CCCNC(=O)/C=C/c1ccc(NS(C)(=O)=O)cc1)C1CCCCC1. The second-order valence-corrected chi connectivity index (χ2v) is 9.00. The molecule has 1 aliphatic carbocycles. The lowest BCUT2D eigenvalue weighted by Crippen LogP contribution is -2.35. The Bertz CT molecular complexity index is 723. The summed E-state index contributed by atoms with van der Waals surface area (Å²) in [5, 5.41) is 2.91. The van der Waals surface area contributed by atoms with Crippen LogP contribution in [-0.2, 0) is 14.8 Å². The van der Waals surface area contributed by atoms with E-state index in [0.29, 0.717) is 18.3 Å². The van der Waals surface area contributed by atoms with Crippen molar-refractivity contribution in [2.75, 3.05) is 31.1 Å². The van der Waals surface area contributed by atoms with E-state index in [2.05, 4.69) is 22.0 Å². The predicted molar refractivity (Wildman–Crippen MR) is 111 cm³/mol. The van der Waals surface area contributed by atoms with Crippen LogP contribution in [0.25, 0.3) is 6.08 Å². The predicted octanol–water partition coefficient (Wildman–Crippen LogP) is 2.84. The maximum atomic E-state index is 11.9. The summed E-state index contributed by atoms with van der Waals surface area (Å²) in [5.41, 5.74) is 1.34. The zero-order valence-corrected chi connectivity index (χ0v) is 17.1. The number of rotatable bonds is 9. The molecule has 0 atom stereocenters. The van der Waals surface area contributed by atoms with Crippen LogP contribution in [0.15, 0.2) is 30.3 Å². The molecule has 0 aromatic heterocycles. The molecular weight excluding hydrogens is 362 g/mol. The zero-order chi connectivity index (χ0) is 19.7. The number of amides is 1. The molecule has 0 bridgehead atoms. The Balaban J connectivity index is 1.67. The first kappa shape index (κ1) is 21.4. The molecule has 0 heterocycles. The van der Waals surface area contributed by atoms with Gasteiger partial charge >= 0.3 is 0 Å². The molecule has 1 aromatic carbocycles. The number of nitrogens with one attached hydrogen (secondary N) is 2. The highest BCUT2D eigenvalue weighted by Gasteiger charge is 2.17. The van der Waals surface area contributed by atoms with E-state index in [0.717, 1.165) is 24.8 Å². The summed E-state index contributed by atoms with van der Waals surface area (Å²) in [4.78, 5) is 14.3. The summed E-state index contributed by atoms with van der Waals surface area (Å²) in [7, 11) is -1.10. The average Bonchev–Trinajstić information content (AvgIpc) is 2.64. The summed E-state index contributed by atoms with van der Waals surface area (Å²) >= 11 is 0. The molecular formula is C20H31N3O3S. The van der Waals surface area contributed by atoms with Crippen molar-refractivity contribution < 1.29 is 13.2 Å². The van der Waals surface area contributed by atoms with E-state index in [1.54, 1.807) is 30.3 Å². The monoisotopic (exact) mass is 393 g/mol. The molecule has 2 N–H and O–H groups in total. The highest BCUT2D eigenvalue weighted by molar-refractivity contribution is 7.92. The van der Waals surface area contributed by atoms with E-state index in [4.69, 9.17) is 0 Å². The Morgan fingerprint density at radius 2 is 1.85 bits per heavy atom. The molecule has 0 unspecified atom stereocenters. The highest BCUT2D eigenvalue weighted by atomic mass is 32.2. The molecule has 0 aliphatic heterocycles. The van der Waals surface area contributed by atoms with Crippen LogP contribution < -0.4 is 10.0 Å². The average molecular weight is 394 g/mol. The molecule has 1 saturated carbocycles. The standard InChI is InChI=1S/C20H31N3O3S/c1-23(19-7-4-3-5-8-19)16-6-15-21-20(24)14-11-17-9-12-18(13-10-17)22-27(2,25)26/h9-14,19,22H,3-8,15-16H2,1-2H3,(H,21,24)/b14-11+. The van der Waals surface area contributed by atoms with Crippen LogP contribution in [0.4, 0.5) is 5.69 Å². The van der Waals surface area contributed by atoms with Gasteiger partial charge in [0.05, 0.1) is 6.26 Å². The summed E-state index contributed by atoms with van der Waals surface area (Å²) in [5.74, 6) is -0.117. The van der Waals surface area contributed by atoms with Gasteiger partial charge < -0.3 is 10.2 Å². The van der Waals surface area contributed by atoms with Crippen LogP contribution >= 0.6 is 0 Å². The first-order chi connectivity index (χ1) is 12.8. The number of nitrogens with zero attached hydrogens (tertiary/aromatic N) is 1. The van der Waals surface area contributed by atoms with E-state index < -0.39 is 10.0 Å². The van der Waals surface area contributed by atoms with Gasteiger partial charge in [-0.25, -0.2) is 8.42 Å². The third kappa shape index (κ3) is 8.58. The van der Waals surface area contributed by atoms with Crippen LogP contribution in [0.1, 0.15) is 44.1 Å². The first-order valence-corrected chi connectivity index (χ1v) is 11.5. The number of sulfonamides is 1. The number of benzene rings is 1. The van der Waals surface area contributed by atoms with Gasteiger partial charge in [0.15, 0.2) is 0 Å². The fourth-order valence-electron chi connectivity index (χ4n) is 3.35. The Hall–Kier alpha value is -1.86. The van der Waals surface area contributed by atoms with Crippen molar-refractivity contribution in [3.05, 3.63) is 35.9 Å². The maximum Gasteiger partial charge on any atom is 0.243 e. The summed E-state index contributed by atoms with van der Waals surface area (Å²) < 4.78 is 24.8. The van der Waals surface area contributed by atoms with Crippen LogP contribution in [0, 0.1) is 0 Å².